The molecule has 0 saturated carbocycles. The van der Waals surface area contributed by atoms with Gasteiger partial charge in [0.2, 0.25) is 0 Å². The molecule has 1 fully saturated rings. The Bertz CT molecular complexity index is 1170. The van der Waals surface area contributed by atoms with Crippen LogP contribution in [0.5, 0.6) is 0 Å². The number of anilines is 2. The molecule has 2 aromatic carbocycles. The van der Waals surface area contributed by atoms with Crippen molar-refractivity contribution in [1.29, 1.82) is 0 Å². The smallest absolute Gasteiger partial charge is 0.283 e. The van der Waals surface area contributed by atoms with E-state index in [0.29, 0.717) is 16.3 Å². The van der Waals surface area contributed by atoms with Crippen molar-refractivity contribution >= 4 is 63.9 Å². The van der Waals surface area contributed by atoms with E-state index in [2.05, 4.69) is 12.4 Å². The highest BCUT2D eigenvalue weighted by molar-refractivity contribution is 6.53. The lowest BCUT2D eigenvalue weighted by Crippen LogP contribution is -3.10. The fourth-order valence-corrected chi connectivity index (χ4v) is 4.67. The number of nitrogens with one attached hydrogen (secondary N) is 2. The molecule has 2 aromatic rings. The van der Waals surface area contributed by atoms with Crippen molar-refractivity contribution in [2.45, 2.75) is 18.9 Å². The van der Waals surface area contributed by atoms with Gasteiger partial charge < -0.3 is 15.1 Å². The van der Waals surface area contributed by atoms with E-state index in [1.54, 1.807) is 24.3 Å². The second-order valence-electron chi connectivity index (χ2n) is 8.54. The number of halogens is 3. The number of carbonyl (C=O) groups is 3. The number of hydrogen-bond acceptors (Lipinski definition) is 4. The summed E-state index contributed by atoms with van der Waals surface area (Å²) in [7, 11) is 4.00. The third-order valence-electron chi connectivity index (χ3n) is 6.27. The molecule has 0 aliphatic carbocycles. The lowest BCUT2D eigenvalue weighted by molar-refractivity contribution is -0.885. The number of quaternary nitrogens is 1. The highest BCUT2D eigenvalue weighted by atomic mass is 35.5. The van der Waals surface area contributed by atoms with Crippen LogP contribution in [0.25, 0.3) is 0 Å². The van der Waals surface area contributed by atoms with Crippen LogP contribution in [0.2, 0.25) is 10.0 Å². The number of hydrogen-bond donors (Lipinski definition) is 2. The quantitative estimate of drug-likeness (QED) is 0.592. The zero-order valence-corrected chi connectivity index (χ0v) is 21.0. The summed E-state index contributed by atoms with van der Waals surface area (Å²) in [4.78, 5) is 42.7. The van der Waals surface area contributed by atoms with Crippen LogP contribution in [-0.4, -0.2) is 55.8 Å². The van der Waals surface area contributed by atoms with E-state index in [9.17, 15) is 14.4 Å². The van der Waals surface area contributed by atoms with Gasteiger partial charge in [-0.2, -0.15) is 0 Å². The molecule has 0 aromatic heterocycles. The summed E-state index contributed by atoms with van der Waals surface area (Å²) in [5.74, 6) is -1.33. The number of amides is 3. The predicted octanol–water partition coefficient (Wildman–Crippen LogP) is 3.18. The largest absolute Gasteiger partial charge is 0.350 e. The van der Waals surface area contributed by atoms with Gasteiger partial charge in [0, 0.05) is 37.2 Å². The molecule has 0 bridgehead atoms. The van der Waals surface area contributed by atoms with Gasteiger partial charge in [0.25, 0.3) is 17.7 Å². The first-order valence-corrected chi connectivity index (χ1v) is 12.0. The Morgan fingerprint density at radius 1 is 1.00 bits per heavy atom. The zero-order valence-electron chi connectivity index (χ0n) is 18.7. The average molecular weight is 523 g/mol. The van der Waals surface area contributed by atoms with Crippen LogP contribution in [0.1, 0.15) is 23.2 Å². The molecule has 4 rings (SSSR count). The summed E-state index contributed by atoms with van der Waals surface area (Å²) >= 11 is 18.2. The number of nitrogens with zero attached hydrogens (tertiary/aromatic N) is 2. The van der Waals surface area contributed by atoms with Gasteiger partial charge in [0.05, 0.1) is 35.9 Å². The van der Waals surface area contributed by atoms with E-state index in [4.69, 9.17) is 34.8 Å². The van der Waals surface area contributed by atoms with E-state index >= 15 is 0 Å². The molecule has 2 aliphatic rings. The van der Waals surface area contributed by atoms with Crippen molar-refractivity contribution in [3.05, 3.63) is 68.8 Å². The van der Waals surface area contributed by atoms with Gasteiger partial charge in [0.15, 0.2) is 0 Å². The molecule has 34 heavy (non-hydrogen) atoms. The van der Waals surface area contributed by atoms with Crippen LogP contribution in [-0.2, 0) is 9.59 Å². The van der Waals surface area contributed by atoms with Gasteiger partial charge >= 0.3 is 0 Å². The first kappa shape index (κ1) is 24.5. The van der Waals surface area contributed by atoms with E-state index in [1.807, 2.05) is 11.9 Å². The molecule has 2 N–H and O–H groups in total. The third-order valence-corrected chi connectivity index (χ3v) is 7.36. The van der Waals surface area contributed by atoms with Gasteiger partial charge in [-0.25, -0.2) is 4.90 Å². The predicted molar refractivity (Wildman–Crippen MR) is 134 cm³/mol. The minimum atomic E-state index is -0.666. The fraction of sp³-hybridized carbons (Fsp3) is 0.292. The summed E-state index contributed by atoms with van der Waals surface area (Å²) in [6.45, 7) is 2.10. The topological polar surface area (TPSA) is 74.2 Å². The normalized spacial score (nSPS) is 20.7. The highest BCUT2D eigenvalue weighted by Gasteiger charge is 2.39. The Labute approximate surface area is 212 Å². The third kappa shape index (κ3) is 4.79. The van der Waals surface area contributed by atoms with Crippen LogP contribution < -0.4 is 15.1 Å². The number of imide groups is 1. The highest BCUT2D eigenvalue weighted by Crippen LogP contribution is 2.33. The Morgan fingerprint density at radius 2 is 1.65 bits per heavy atom. The van der Waals surface area contributed by atoms with Gasteiger partial charge in [-0.3, -0.25) is 14.4 Å². The second-order valence-corrected chi connectivity index (χ2v) is 9.73. The van der Waals surface area contributed by atoms with Crippen molar-refractivity contribution in [3.63, 3.8) is 0 Å². The summed E-state index contributed by atoms with van der Waals surface area (Å²) in [6.07, 6.45) is 1.96. The summed E-state index contributed by atoms with van der Waals surface area (Å²) in [5.41, 5.74) is 1.28. The molecule has 178 valence electrons. The van der Waals surface area contributed by atoms with Crippen LogP contribution in [0, 0.1) is 0 Å². The molecule has 0 spiro atoms. The van der Waals surface area contributed by atoms with Crippen LogP contribution in [0.15, 0.2) is 53.2 Å². The molecule has 2 heterocycles. The maximum Gasteiger partial charge on any atom is 0.283 e. The molecular weight excluding hydrogens is 499 g/mol. The Balaban J connectivity index is 1.46. The second kappa shape index (κ2) is 9.96. The van der Waals surface area contributed by atoms with Crippen molar-refractivity contribution in [3.8, 4) is 0 Å². The van der Waals surface area contributed by atoms with Crippen molar-refractivity contribution in [2.24, 2.45) is 0 Å². The molecule has 2 aliphatic heterocycles. The lowest BCUT2D eigenvalue weighted by atomic mass is 10.0. The monoisotopic (exact) mass is 521 g/mol. The van der Waals surface area contributed by atoms with Crippen LogP contribution >= 0.6 is 34.8 Å². The van der Waals surface area contributed by atoms with E-state index in [-0.39, 0.29) is 33.4 Å². The number of rotatable bonds is 5. The Morgan fingerprint density at radius 3 is 2.26 bits per heavy atom. The molecule has 0 atom stereocenters. The maximum absolute atomic E-state index is 13.0. The van der Waals surface area contributed by atoms with E-state index in [0.717, 1.165) is 30.8 Å². The molecule has 3 amide bonds. The number of piperidine rings is 1. The summed E-state index contributed by atoms with van der Waals surface area (Å²) < 4.78 is 0. The molecule has 7 nitrogen and oxygen atoms in total. The minimum absolute atomic E-state index is 0.0498. The average Bonchev–Trinajstić information content (AvgIpc) is 3.04. The molecule has 0 unspecified atom stereocenters. The minimum Gasteiger partial charge on any atom is -0.350 e. The molecule has 1 saturated heterocycles. The fourth-order valence-electron chi connectivity index (χ4n) is 4.16. The van der Waals surface area contributed by atoms with E-state index < -0.39 is 11.8 Å². The Kier molecular flexibility index (Phi) is 7.19. The lowest BCUT2D eigenvalue weighted by Gasteiger charge is -2.33. The van der Waals surface area contributed by atoms with Crippen molar-refractivity contribution < 1.29 is 19.3 Å². The summed E-state index contributed by atoms with van der Waals surface area (Å²) in [5, 5.41) is 3.19. The molecule has 0 radical (unpaired) electrons. The van der Waals surface area contributed by atoms with Gasteiger partial charge in [0.1, 0.15) is 10.7 Å². The first-order valence-electron chi connectivity index (χ1n) is 10.9. The number of carbonyl (C=O) groups excluding carboxylic acids is 3. The number of likely N-dealkylation sites (tertiary alicyclic amines) is 1. The van der Waals surface area contributed by atoms with Gasteiger partial charge in [-0.15, -0.1) is 0 Å². The van der Waals surface area contributed by atoms with Gasteiger partial charge in [-0.1, -0.05) is 34.8 Å². The molecular formula is C24H24Cl3N4O3+. The van der Waals surface area contributed by atoms with Crippen molar-refractivity contribution in [2.75, 3.05) is 37.4 Å². The van der Waals surface area contributed by atoms with Gasteiger partial charge in [-0.05, 0) is 42.5 Å². The van der Waals surface area contributed by atoms with Crippen LogP contribution in [0.3, 0.4) is 0 Å². The van der Waals surface area contributed by atoms with Crippen LogP contribution in [0.4, 0.5) is 11.4 Å². The summed E-state index contributed by atoms with van der Waals surface area (Å²) in [6, 6.07) is 11.4. The number of benzene rings is 2. The van der Waals surface area contributed by atoms with Crippen molar-refractivity contribution in [1.82, 2.24) is 4.90 Å². The Hall–Kier alpha value is -2.58. The SMILES string of the molecule is CN(C(=O)c1ccc(NC2=C(Cl)C(=O)N(c3ccc(Cl)c(Cl)c3)C2=O)cc1)C1CC[NH+](C)CC1. The maximum atomic E-state index is 13.0. The first-order chi connectivity index (χ1) is 16.2. The standard InChI is InChI=1S/C24H23Cl3N4O3/c1-29-11-9-16(10-12-29)30(2)22(32)14-3-5-15(6-4-14)28-21-20(27)23(33)31(24(21)34)17-7-8-18(25)19(26)13-17/h3-8,13,16,28H,9-12H2,1-2H3/p+1. The zero-order chi connectivity index (χ0) is 24.6. The molecule has 10 heteroatoms. The van der Waals surface area contributed by atoms with E-state index in [1.165, 1.54) is 23.1 Å².